The van der Waals surface area contributed by atoms with Crippen molar-refractivity contribution >= 4 is 30.7 Å². The third-order valence-electron chi connectivity index (χ3n) is 5.03. The second kappa shape index (κ2) is 10.0. The van der Waals surface area contributed by atoms with E-state index in [0.717, 1.165) is 64.7 Å². The molecule has 1 aliphatic heterocycles. The van der Waals surface area contributed by atoms with Crippen molar-refractivity contribution in [3.05, 3.63) is 0 Å². The minimum absolute atomic E-state index is 0. The Morgan fingerprint density at radius 3 is 2.30 bits per heavy atom. The Morgan fingerprint density at radius 1 is 1.30 bits per heavy atom. The number of carbonyl (C=O) groups is 1. The molecule has 1 heterocycles. The fourth-order valence-corrected chi connectivity index (χ4v) is 3.80. The number of hydrogen-bond acceptors (Lipinski definition) is 4. The lowest BCUT2D eigenvalue weighted by Crippen LogP contribution is -2.53. The summed E-state index contributed by atoms with van der Waals surface area (Å²) >= 11 is 0. The van der Waals surface area contributed by atoms with Crippen LogP contribution in [0.1, 0.15) is 45.4 Å². The number of nitrogens with zero attached hydrogens (tertiary/aromatic N) is 2. The molecule has 1 aliphatic carbocycles. The van der Waals surface area contributed by atoms with Crippen LogP contribution in [0.15, 0.2) is 0 Å². The van der Waals surface area contributed by atoms with E-state index >= 15 is 0 Å². The number of amides is 1. The third-order valence-corrected chi connectivity index (χ3v) is 5.03. The number of rotatable bonds is 5. The monoisotopic (exact) mass is 369 g/mol. The van der Waals surface area contributed by atoms with Gasteiger partial charge in [0.1, 0.15) is 0 Å². The summed E-state index contributed by atoms with van der Waals surface area (Å²) in [6.45, 7) is 5.45. The highest BCUT2D eigenvalue weighted by atomic mass is 35.5. The Labute approximate surface area is 152 Å². The van der Waals surface area contributed by atoms with Crippen LogP contribution in [0, 0.1) is 5.92 Å². The Kier molecular flexibility index (Phi) is 10.0. The highest BCUT2D eigenvalue weighted by molar-refractivity contribution is 5.86. The summed E-state index contributed by atoms with van der Waals surface area (Å²) in [4.78, 5) is 16.7. The molecular weight excluding hydrogens is 337 g/mol. The highest BCUT2D eigenvalue weighted by Crippen LogP contribution is 2.29. The number of hydrogen-bond donors (Lipinski definition) is 2. The quantitative estimate of drug-likeness (QED) is 0.772. The number of β-amino-alcohol motifs (C(OH)–C–C–N with tert-alkyl or cyclic N) is 1. The summed E-state index contributed by atoms with van der Waals surface area (Å²) in [5.74, 6) is 0.695. The molecule has 2 rings (SSSR count). The van der Waals surface area contributed by atoms with Crippen LogP contribution in [0.25, 0.3) is 0 Å². The average Bonchev–Trinajstić information content (AvgIpc) is 2.87. The van der Waals surface area contributed by atoms with Gasteiger partial charge in [0, 0.05) is 20.1 Å². The maximum atomic E-state index is 12.5. The van der Waals surface area contributed by atoms with E-state index < -0.39 is 5.54 Å². The first-order valence-corrected chi connectivity index (χ1v) is 8.35. The van der Waals surface area contributed by atoms with Gasteiger partial charge in [0.2, 0.25) is 5.91 Å². The summed E-state index contributed by atoms with van der Waals surface area (Å²) in [5, 5.41) is 9.43. The smallest absolute Gasteiger partial charge is 0.242 e. The molecular formula is C16H33Cl2N3O2. The molecule has 3 N–H and O–H groups in total. The van der Waals surface area contributed by atoms with Gasteiger partial charge in [-0.05, 0) is 51.6 Å². The van der Waals surface area contributed by atoms with Crippen molar-refractivity contribution in [2.45, 2.75) is 57.1 Å². The molecule has 23 heavy (non-hydrogen) atoms. The molecule has 5 nitrogen and oxygen atoms in total. The lowest BCUT2D eigenvalue weighted by Gasteiger charge is -2.36. The van der Waals surface area contributed by atoms with Gasteiger partial charge in [-0.25, -0.2) is 0 Å². The Morgan fingerprint density at radius 2 is 1.83 bits per heavy atom. The van der Waals surface area contributed by atoms with Gasteiger partial charge in [-0.1, -0.05) is 12.8 Å². The molecule has 0 aromatic carbocycles. The van der Waals surface area contributed by atoms with E-state index in [0.29, 0.717) is 5.92 Å². The minimum Gasteiger partial charge on any atom is -0.392 e. The van der Waals surface area contributed by atoms with Gasteiger partial charge in [0.05, 0.1) is 11.6 Å². The summed E-state index contributed by atoms with van der Waals surface area (Å²) in [6, 6.07) is 0. The zero-order chi connectivity index (χ0) is 15.5. The molecule has 0 spiro atoms. The van der Waals surface area contributed by atoms with E-state index in [1.165, 1.54) is 0 Å². The first-order chi connectivity index (χ1) is 9.90. The fourth-order valence-electron chi connectivity index (χ4n) is 3.80. The van der Waals surface area contributed by atoms with Crippen molar-refractivity contribution in [3.63, 3.8) is 0 Å². The van der Waals surface area contributed by atoms with Crippen LogP contribution in [0.2, 0.25) is 0 Å². The Hall–Kier alpha value is -0.0700. The summed E-state index contributed by atoms with van der Waals surface area (Å²) in [5.41, 5.74) is 5.66. The lowest BCUT2D eigenvalue weighted by atomic mass is 9.93. The van der Waals surface area contributed by atoms with Crippen LogP contribution in [-0.2, 0) is 4.79 Å². The molecule has 1 atom stereocenters. The second-order valence-corrected chi connectivity index (χ2v) is 7.14. The SMILES string of the molecule is CC(O)CN1CCC(CN(C)C(=O)C2(N)CCCC2)CC1.Cl.Cl. The highest BCUT2D eigenvalue weighted by Gasteiger charge is 2.39. The molecule has 0 bridgehead atoms. The van der Waals surface area contributed by atoms with Crippen LogP contribution < -0.4 is 5.73 Å². The van der Waals surface area contributed by atoms with Gasteiger partial charge in [-0.3, -0.25) is 4.79 Å². The van der Waals surface area contributed by atoms with Crippen molar-refractivity contribution in [1.29, 1.82) is 0 Å². The number of nitrogens with two attached hydrogens (primary N) is 1. The van der Waals surface area contributed by atoms with Gasteiger partial charge < -0.3 is 20.6 Å². The van der Waals surface area contributed by atoms with Crippen molar-refractivity contribution in [2.24, 2.45) is 11.7 Å². The molecule has 0 aromatic rings. The third kappa shape index (κ3) is 6.39. The first-order valence-electron chi connectivity index (χ1n) is 8.35. The van der Waals surface area contributed by atoms with Crippen molar-refractivity contribution in [1.82, 2.24) is 9.80 Å². The molecule has 0 aromatic heterocycles. The van der Waals surface area contributed by atoms with E-state index in [1.807, 2.05) is 18.9 Å². The number of carbonyl (C=O) groups excluding carboxylic acids is 1. The predicted molar refractivity (Wildman–Crippen MR) is 98.4 cm³/mol. The largest absolute Gasteiger partial charge is 0.392 e. The number of aliphatic hydroxyl groups excluding tert-OH is 1. The number of aliphatic hydroxyl groups is 1. The zero-order valence-corrected chi connectivity index (χ0v) is 16.0. The Bertz CT molecular complexity index is 355. The van der Waals surface area contributed by atoms with Gasteiger partial charge in [0.15, 0.2) is 0 Å². The Balaban J connectivity index is 0.00000242. The molecule has 1 saturated heterocycles. The number of likely N-dealkylation sites (N-methyl/N-ethyl adjacent to an activating group) is 1. The molecule has 2 fully saturated rings. The molecule has 2 aliphatic rings. The van der Waals surface area contributed by atoms with Gasteiger partial charge in [-0.15, -0.1) is 24.8 Å². The maximum Gasteiger partial charge on any atom is 0.242 e. The number of halogens is 2. The normalized spacial score (nSPS) is 22.8. The van der Waals surface area contributed by atoms with E-state index in [-0.39, 0.29) is 36.8 Å². The summed E-state index contributed by atoms with van der Waals surface area (Å²) in [7, 11) is 1.90. The van der Waals surface area contributed by atoms with E-state index in [2.05, 4.69) is 4.90 Å². The maximum absolute atomic E-state index is 12.5. The van der Waals surface area contributed by atoms with Gasteiger partial charge >= 0.3 is 0 Å². The zero-order valence-electron chi connectivity index (χ0n) is 14.4. The van der Waals surface area contributed by atoms with E-state index in [4.69, 9.17) is 5.73 Å². The van der Waals surface area contributed by atoms with Gasteiger partial charge in [-0.2, -0.15) is 0 Å². The molecule has 1 saturated carbocycles. The first kappa shape index (κ1) is 22.9. The second-order valence-electron chi connectivity index (χ2n) is 7.14. The summed E-state index contributed by atoms with van der Waals surface area (Å²) in [6.07, 6.45) is 5.77. The van der Waals surface area contributed by atoms with E-state index in [1.54, 1.807) is 0 Å². The van der Waals surface area contributed by atoms with Crippen molar-refractivity contribution in [2.75, 3.05) is 33.2 Å². The fraction of sp³-hybridized carbons (Fsp3) is 0.938. The van der Waals surface area contributed by atoms with Gasteiger partial charge in [0.25, 0.3) is 0 Å². The topological polar surface area (TPSA) is 69.8 Å². The molecule has 1 amide bonds. The van der Waals surface area contributed by atoms with Crippen LogP contribution in [0.5, 0.6) is 0 Å². The number of piperidine rings is 1. The number of likely N-dealkylation sites (tertiary alicyclic amines) is 1. The van der Waals surface area contributed by atoms with Crippen molar-refractivity contribution < 1.29 is 9.90 Å². The van der Waals surface area contributed by atoms with Crippen LogP contribution in [-0.4, -0.2) is 65.7 Å². The predicted octanol–water partition coefficient (Wildman–Crippen LogP) is 1.65. The molecule has 0 radical (unpaired) electrons. The molecule has 7 heteroatoms. The standard InChI is InChI=1S/C16H31N3O2.2ClH/c1-13(20)11-19-9-5-14(6-10-19)12-18(2)15(21)16(17)7-3-4-8-16;;/h13-14,20H,3-12,17H2,1-2H3;2*1H. The summed E-state index contributed by atoms with van der Waals surface area (Å²) < 4.78 is 0. The van der Waals surface area contributed by atoms with E-state index in [9.17, 15) is 9.90 Å². The molecule has 138 valence electrons. The lowest BCUT2D eigenvalue weighted by molar-refractivity contribution is -0.136. The molecule has 1 unspecified atom stereocenters. The minimum atomic E-state index is -0.595. The average molecular weight is 370 g/mol. The van der Waals surface area contributed by atoms with Crippen LogP contribution >= 0.6 is 24.8 Å². The van der Waals surface area contributed by atoms with Crippen molar-refractivity contribution in [3.8, 4) is 0 Å². The van der Waals surface area contributed by atoms with Crippen LogP contribution in [0.4, 0.5) is 0 Å². The van der Waals surface area contributed by atoms with Crippen LogP contribution in [0.3, 0.4) is 0 Å².